The molecule has 50 heavy (non-hydrogen) atoms. The molecule has 0 bridgehead atoms. The zero-order valence-corrected chi connectivity index (χ0v) is 28.2. The number of rotatable bonds is 3. The molecule has 4 nitrogen and oxygen atoms in total. The molecule has 4 heteroatoms. The normalized spacial score (nSPS) is 14.8. The minimum atomic E-state index is 0.0267. The fraction of sp³-hybridized carbons (Fsp3) is 0.152. The lowest BCUT2D eigenvalue weighted by Gasteiger charge is -2.28. The lowest BCUT2D eigenvalue weighted by molar-refractivity contribution is 0.550. The second-order valence-corrected chi connectivity index (χ2v) is 14.5. The summed E-state index contributed by atoms with van der Waals surface area (Å²) < 4.78 is 2.54. The summed E-state index contributed by atoms with van der Waals surface area (Å²) in [6.07, 6.45) is 4.86. The van der Waals surface area contributed by atoms with Crippen LogP contribution >= 0.6 is 0 Å². The van der Waals surface area contributed by atoms with E-state index in [1.165, 1.54) is 97.7 Å². The fourth-order valence-corrected chi connectivity index (χ4v) is 9.39. The Morgan fingerprint density at radius 2 is 1.10 bits per heavy atom. The summed E-state index contributed by atoms with van der Waals surface area (Å²) in [5.41, 5.74) is 17.4. The summed E-state index contributed by atoms with van der Waals surface area (Å²) in [4.78, 5) is 15.7. The summed E-state index contributed by atoms with van der Waals surface area (Å²) in [6, 6.07) is 44.5. The Morgan fingerprint density at radius 1 is 0.500 bits per heavy atom. The van der Waals surface area contributed by atoms with E-state index in [2.05, 4.69) is 140 Å². The average molecular weight is 643 g/mol. The largest absolute Gasteiger partial charge is 0.308 e. The Balaban J connectivity index is 1.28. The predicted molar refractivity (Wildman–Crippen MR) is 204 cm³/mol. The van der Waals surface area contributed by atoms with Crippen LogP contribution < -0.4 is 0 Å². The highest BCUT2D eigenvalue weighted by molar-refractivity contribution is 6.19. The first-order valence-electron chi connectivity index (χ1n) is 17.8. The molecule has 238 valence electrons. The standard InChI is InChI=1S/C46H34N4/c1-27-13-17-29(18-14-27)43-47-44(30-19-15-28(2)16-20-30)49-45(48-43)34-22-24-35-40-39(34)33-10-4-6-12-38(33)50-37-11-5-3-9-31(37)32-21-23-36(41(40)42(32)50)46(35)25-7-8-26-46/h3-6,9-24H,7-8,25-26H2,1-2H3. The number of nitrogens with zero attached hydrogens (tertiary/aromatic N) is 4. The van der Waals surface area contributed by atoms with Crippen molar-refractivity contribution in [3.63, 3.8) is 0 Å². The maximum absolute atomic E-state index is 5.30. The molecule has 0 saturated heterocycles. The summed E-state index contributed by atoms with van der Waals surface area (Å²) in [5.74, 6) is 2.08. The minimum absolute atomic E-state index is 0.0267. The van der Waals surface area contributed by atoms with Crippen molar-refractivity contribution < 1.29 is 0 Å². The summed E-state index contributed by atoms with van der Waals surface area (Å²) >= 11 is 0. The summed E-state index contributed by atoms with van der Waals surface area (Å²) in [7, 11) is 0. The van der Waals surface area contributed by atoms with Crippen molar-refractivity contribution in [1.82, 2.24) is 19.5 Å². The van der Waals surface area contributed by atoms with Crippen molar-refractivity contribution in [3.05, 3.63) is 144 Å². The first-order valence-corrected chi connectivity index (χ1v) is 17.8. The molecule has 0 N–H and O–H groups in total. The Bertz CT molecular complexity index is 2650. The maximum Gasteiger partial charge on any atom is 0.164 e. The fourth-order valence-electron chi connectivity index (χ4n) is 9.39. The van der Waals surface area contributed by atoms with E-state index in [0.717, 1.165) is 16.7 Å². The van der Waals surface area contributed by atoms with Crippen LogP contribution in [-0.4, -0.2) is 19.5 Å². The molecule has 1 fully saturated rings. The van der Waals surface area contributed by atoms with Crippen molar-refractivity contribution in [2.45, 2.75) is 44.9 Å². The number of para-hydroxylation sites is 2. The van der Waals surface area contributed by atoms with E-state index in [1.54, 1.807) is 0 Å². The lowest BCUT2D eigenvalue weighted by Crippen LogP contribution is -2.20. The predicted octanol–water partition coefficient (Wildman–Crippen LogP) is 11.4. The smallest absolute Gasteiger partial charge is 0.164 e. The Kier molecular flexibility index (Phi) is 5.65. The first kappa shape index (κ1) is 28.0. The molecule has 8 aromatic rings. The van der Waals surface area contributed by atoms with Gasteiger partial charge in [0.2, 0.25) is 0 Å². The van der Waals surface area contributed by atoms with E-state index >= 15 is 0 Å². The quantitative estimate of drug-likeness (QED) is 0.193. The number of aryl methyl sites for hydroxylation is 2. The van der Waals surface area contributed by atoms with Gasteiger partial charge in [-0.2, -0.15) is 0 Å². The molecule has 0 amide bonds. The van der Waals surface area contributed by atoms with Crippen LogP contribution in [0, 0.1) is 13.8 Å². The highest BCUT2D eigenvalue weighted by Crippen LogP contribution is 2.63. The second-order valence-electron chi connectivity index (χ2n) is 14.5. The number of hydrogen-bond donors (Lipinski definition) is 0. The van der Waals surface area contributed by atoms with Gasteiger partial charge in [-0.05, 0) is 55.5 Å². The van der Waals surface area contributed by atoms with Crippen LogP contribution in [-0.2, 0) is 5.41 Å². The van der Waals surface area contributed by atoms with Crippen LogP contribution in [0.1, 0.15) is 47.9 Å². The van der Waals surface area contributed by atoms with Gasteiger partial charge in [0.25, 0.3) is 0 Å². The third-order valence-electron chi connectivity index (χ3n) is 11.7. The van der Waals surface area contributed by atoms with Crippen molar-refractivity contribution in [1.29, 1.82) is 0 Å². The van der Waals surface area contributed by atoms with Crippen LogP contribution in [0.3, 0.4) is 0 Å². The van der Waals surface area contributed by atoms with E-state index in [4.69, 9.17) is 15.0 Å². The molecule has 6 aromatic carbocycles. The van der Waals surface area contributed by atoms with Crippen LogP contribution in [0.5, 0.6) is 0 Å². The third-order valence-corrected chi connectivity index (χ3v) is 11.7. The number of hydrogen-bond acceptors (Lipinski definition) is 3. The van der Waals surface area contributed by atoms with Crippen LogP contribution in [0.15, 0.2) is 121 Å². The van der Waals surface area contributed by atoms with Gasteiger partial charge < -0.3 is 4.57 Å². The van der Waals surface area contributed by atoms with Crippen LogP contribution in [0.2, 0.25) is 0 Å². The molecule has 3 aliphatic rings. The van der Waals surface area contributed by atoms with E-state index in [-0.39, 0.29) is 5.41 Å². The van der Waals surface area contributed by atoms with Gasteiger partial charge in [0, 0.05) is 49.6 Å². The van der Waals surface area contributed by atoms with Gasteiger partial charge in [-0.15, -0.1) is 0 Å². The zero-order chi connectivity index (χ0) is 33.1. The van der Waals surface area contributed by atoms with Gasteiger partial charge in [0.15, 0.2) is 17.5 Å². The number of aromatic nitrogens is 4. The molecule has 0 atom stereocenters. The van der Waals surface area contributed by atoms with Gasteiger partial charge in [0.05, 0.1) is 16.7 Å². The maximum atomic E-state index is 5.30. The highest BCUT2D eigenvalue weighted by Gasteiger charge is 2.48. The highest BCUT2D eigenvalue weighted by atomic mass is 15.0. The van der Waals surface area contributed by atoms with Gasteiger partial charge in [-0.1, -0.05) is 133 Å². The number of fused-ring (bicyclic) bond motifs is 8. The van der Waals surface area contributed by atoms with E-state index < -0.39 is 0 Å². The molecule has 2 aromatic heterocycles. The van der Waals surface area contributed by atoms with Crippen molar-refractivity contribution in [3.8, 4) is 62.1 Å². The van der Waals surface area contributed by atoms with Crippen molar-refractivity contribution in [2.24, 2.45) is 0 Å². The average Bonchev–Trinajstić information content (AvgIpc) is 3.83. The van der Waals surface area contributed by atoms with E-state index in [0.29, 0.717) is 17.5 Å². The molecule has 0 unspecified atom stereocenters. The summed E-state index contributed by atoms with van der Waals surface area (Å²) in [5, 5.41) is 2.62. The monoisotopic (exact) mass is 642 g/mol. The van der Waals surface area contributed by atoms with E-state index in [1.807, 2.05) is 0 Å². The second kappa shape index (κ2) is 10.1. The van der Waals surface area contributed by atoms with E-state index in [9.17, 15) is 0 Å². The molecule has 0 radical (unpaired) electrons. The number of benzene rings is 6. The molecule has 2 aliphatic carbocycles. The Hall–Kier alpha value is -5.87. The molecule has 1 saturated carbocycles. The van der Waals surface area contributed by atoms with Gasteiger partial charge in [-0.25, -0.2) is 15.0 Å². The first-order chi connectivity index (χ1) is 24.6. The Labute approximate surface area is 291 Å². The molecule has 1 spiro atoms. The van der Waals surface area contributed by atoms with Gasteiger partial charge in [-0.3, -0.25) is 0 Å². The topological polar surface area (TPSA) is 43.6 Å². The zero-order valence-electron chi connectivity index (χ0n) is 28.2. The summed E-state index contributed by atoms with van der Waals surface area (Å²) in [6.45, 7) is 4.22. The van der Waals surface area contributed by atoms with Crippen LogP contribution in [0.25, 0.3) is 83.9 Å². The third kappa shape index (κ3) is 3.68. The SMILES string of the molecule is Cc1ccc(-c2nc(-c3ccc(C)cc3)nc(-c3ccc4c5c3-c3ccccc3-n3c6ccccc6c6ccc(c-5c63)C43CCCC3)n2)cc1. The van der Waals surface area contributed by atoms with Crippen molar-refractivity contribution in [2.75, 3.05) is 0 Å². The van der Waals surface area contributed by atoms with Crippen LogP contribution in [0.4, 0.5) is 0 Å². The van der Waals surface area contributed by atoms with Crippen molar-refractivity contribution >= 4 is 21.8 Å². The molecule has 1 aliphatic heterocycles. The molecule has 11 rings (SSSR count). The molecular weight excluding hydrogens is 609 g/mol. The van der Waals surface area contributed by atoms with Gasteiger partial charge >= 0.3 is 0 Å². The molecular formula is C46H34N4. The Morgan fingerprint density at radius 3 is 1.82 bits per heavy atom. The van der Waals surface area contributed by atoms with Gasteiger partial charge in [0.1, 0.15) is 0 Å². The minimum Gasteiger partial charge on any atom is -0.308 e. The molecule has 3 heterocycles. The lowest BCUT2D eigenvalue weighted by atomic mass is 9.76.